The van der Waals surface area contributed by atoms with Crippen molar-refractivity contribution in [2.45, 2.75) is 38.8 Å². The quantitative estimate of drug-likeness (QED) is 0.301. The molecule has 1 unspecified atom stereocenters. The van der Waals surface area contributed by atoms with Crippen molar-refractivity contribution in [1.29, 1.82) is 0 Å². The number of aromatic amines is 1. The maximum Gasteiger partial charge on any atom is 0.287 e. The first-order chi connectivity index (χ1) is 16.7. The van der Waals surface area contributed by atoms with E-state index in [9.17, 15) is 4.79 Å². The highest BCUT2D eigenvalue weighted by molar-refractivity contribution is 5.92. The van der Waals surface area contributed by atoms with Crippen molar-refractivity contribution in [2.75, 3.05) is 7.11 Å². The highest BCUT2D eigenvalue weighted by Crippen LogP contribution is 2.29. The summed E-state index contributed by atoms with van der Waals surface area (Å²) in [6.07, 6.45) is 6.16. The summed E-state index contributed by atoms with van der Waals surface area (Å²) in [5.41, 5.74) is 4.06. The Morgan fingerprint density at radius 3 is 2.88 bits per heavy atom. The lowest BCUT2D eigenvalue weighted by Gasteiger charge is -2.20. The van der Waals surface area contributed by atoms with Gasteiger partial charge in [0.05, 0.1) is 30.4 Å². The van der Waals surface area contributed by atoms with Crippen LogP contribution < -0.4 is 10.1 Å². The van der Waals surface area contributed by atoms with E-state index in [0.29, 0.717) is 6.42 Å². The number of aryl methyl sites for hydroxylation is 1. The van der Waals surface area contributed by atoms with Crippen LogP contribution >= 0.6 is 0 Å². The molecule has 7 heteroatoms. The minimum atomic E-state index is -0.355. The molecule has 7 nitrogen and oxygen atoms in total. The highest BCUT2D eigenvalue weighted by Gasteiger charge is 2.25. The lowest BCUT2D eigenvalue weighted by atomic mass is 10.0. The number of amides is 1. The number of imidazole rings is 1. The molecule has 34 heavy (non-hydrogen) atoms. The zero-order valence-corrected chi connectivity index (χ0v) is 19.4. The normalized spacial score (nSPS) is 12.3. The van der Waals surface area contributed by atoms with Gasteiger partial charge >= 0.3 is 0 Å². The number of hydrogen-bond donors (Lipinski definition) is 2. The molecule has 2 aromatic carbocycles. The number of nitrogens with one attached hydrogen (secondary N) is 2. The molecule has 174 valence electrons. The number of rotatable bonds is 9. The van der Waals surface area contributed by atoms with Crippen LogP contribution in [0.25, 0.3) is 21.9 Å². The first-order valence-corrected chi connectivity index (χ1v) is 11.6. The van der Waals surface area contributed by atoms with Crippen LogP contribution in [-0.2, 0) is 13.0 Å². The van der Waals surface area contributed by atoms with E-state index in [4.69, 9.17) is 14.1 Å². The van der Waals surface area contributed by atoms with Gasteiger partial charge in [-0.15, -0.1) is 0 Å². The largest absolute Gasteiger partial charge is 0.497 e. The van der Waals surface area contributed by atoms with Crippen molar-refractivity contribution in [3.63, 3.8) is 0 Å². The van der Waals surface area contributed by atoms with Crippen molar-refractivity contribution < 1.29 is 13.9 Å². The fraction of sp³-hybridized carbons (Fsp3) is 0.259. The van der Waals surface area contributed by atoms with E-state index in [-0.39, 0.29) is 17.7 Å². The molecule has 0 spiro atoms. The summed E-state index contributed by atoms with van der Waals surface area (Å²) in [7, 11) is 1.66. The van der Waals surface area contributed by atoms with Crippen molar-refractivity contribution >= 4 is 27.8 Å². The van der Waals surface area contributed by atoms with Crippen molar-refractivity contribution in [1.82, 2.24) is 19.9 Å². The molecule has 0 aliphatic heterocycles. The third-order valence-electron chi connectivity index (χ3n) is 6.18. The van der Waals surface area contributed by atoms with Crippen LogP contribution in [0.1, 0.15) is 47.7 Å². The van der Waals surface area contributed by atoms with Crippen LogP contribution in [0.4, 0.5) is 0 Å². The van der Waals surface area contributed by atoms with Crippen molar-refractivity contribution in [3.8, 4) is 5.75 Å². The second kappa shape index (κ2) is 9.47. The molecular formula is C27H28N4O3. The molecule has 0 radical (unpaired) electrons. The first kappa shape index (κ1) is 21.8. The van der Waals surface area contributed by atoms with Gasteiger partial charge in [-0.1, -0.05) is 31.5 Å². The summed E-state index contributed by atoms with van der Waals surface area (Å²) in [5, 5.41) is 4.32. The second-order valence-electron chi connectivity index (χ2n) is 8.40. The number of benzene rings is 2. The minimum Gasteiger partial charge on any atom is -0.497 e. The van der Waals surface area contributed by atoms with Gasteiger partial charge in [0.15, 0.2) is 5.76 Å². The standard InChI is InChI=1S/C27H28N4O3/c1-3-4-13-31-24-16-19(33-2)11-12-22(24)29-26(31)23(30-27(32)25-10-7-14-34-25)15-18-17-28-21-9-6-5-8-20(18)21/h5-12,14,16-17,23,28H,3-4,13,15H2,1-2H3,(H,30,32). The van der Waals surface area contributed by atoms with Gasteiger partial charge in [-0.25, -0.2) is 4.98 Å². The summed E-state index contributed by atoms with van der Waals surface area (Å²) in [6.45, 7) is 2.97. The molecule has 0 aliphatic rings. The molecule has 1 atom stereocenters. The van der Waals surface area contributed by atoms with Gasteiger partial charge in [-0.3, -0.25) is 4.79 Å². The summed E-state index contributed by atoms with van der Waals surface area (Å²) >= 11 is 0. The van der Waals surface area contributed by atoms with E-state index in [2.05, 4.69) is 33.9 Å². The average Bonchev–Trinajstić information content (AvgIpc) is 3.61. The van der Waals surface area contributed by atoms with E-state index in [1.165, 1.54) is 6.26 Å². The third-order valence-corrected chi connectivity index (χ3v) is 6.18. The zero-order valence-electron chi connectivity index (χ0n) is 19.4. The van der Waals surface area contributed by atoms with Gasteiger partial charge < -0.3 is 24.0 Å². The molecule has 3 aromatic heterocycles. The van der Waals surface area contributed by atoms with Crippen LogP contribution in [0.5, 0.6) is 5.75 Å². The predicted molar refractivity (Wildman–Crippen MR) is 132 cm³/mol. The van der Waals surface area contributed by atoms with Crippen LogP contribution in [0.3, 0.4) is 0 Å². The van der Waals surface area contributed by atoms with Crippen LogP contribution in [0.2, 0.25) is 0 Å². The lowest BCUT2D eigenvalue weighted by molar-refractivity contribution is 0.0906. The van der Waals surface area contributed by atoms with Gasteiger partial charge in [0.1, 0.15) is 11.6 Å². The SMILES string of the molecule is CCCCn1c(C(Cc2c[nH]c3ccccc23)NC(=O)c2ccco2)nc2ccc(OC)cc21. The Morgan fingerprint density at radius 2 is 2.09 bits per heavy atom. The van der Waals surface area contributed by atoms with E-state index in [1.807, 2.05) is 36.5 Å². The number of carbonyl (C=O) groups is 1. The summed E-state index contributed by atoms with van der Waals surface area (Å²) in [5.74, 6) is 1.62. The topological polar surface area (TPSA) is 85.1 Å². The molecule has 1 amide bonds. The summed E-state index contributed by atoms with van der Waals surface area (Å²) < 4.78 is 13.0. The Labute approximate surface area is 197 Å². The van der Waals surface area contributed by atoms with Gasteiger partial charge in [0.2, 0.25) is 0 Å². The molecule has 2 N–H and O–H groups in total. The van der Waals surface area contributed by atoms with Crippen molar-refractivity contribution in [2.24, 2.45) is 0 Å². The highest BCUT2D eigenvalue weighted by atomic mass is 16.5. The smallest absolute Gasteiger partial charge is 0.287 e. The number of fused-ring (bicyclic) bond motifs is 2. The third kappa shape index (κ3) is 4.17. The molecule has 0 bridgehead atoms. The average molecular weight is 457 g/mol. The fourth-order valence-electron chi connectivity index (χ4n) is 4.43. The molecule has 0 saturated heterocycles. The molecular weight excluding hydrogens is 428 g/mol. The minimum absolute atomic E-state index is 0.262. The number of H-pyrrole nitrogens is 1. The summed E-state index contributed by atoms with van der Waals surface area (Å²) in [6, 6.07) is 17.1. The number of hydrogen-bond acceptors (Lipinski definition) is 4. The lowest BCUT2D eigenvalue weighted by Crippen LogP contribution is -2.32. The fourth-order valence-corrected chi connectivity index (χ4v) is 4.43. The van der Waals surface area contributed by atoms with Crippen LogP contribution in [-0.4, -0.2) is 27.6 Å². The van der Waals surface area contributed by atoms with Gasteiger partial charge in [-0.2, -0.15) is 0 Å². The summed E-state index contributed by atoms with van der Waals surface area (Å²) in [4.78, 5) is 21.4. The predicted octanol–water partition coefficient (Wildman–Crippen LogP) is 5.63. The number of ether oxygens (including phenoxy) is 1. The molecule has 0 fully saturated rings. The van der Waals surface area contributed by atoms with Gasteiger partial charge in [-0.05, 0) is 42.3 Å². The second-order valence-corrected chi connectivity index (χ2v) is 8.40. The van der Waals surface area contributed by atoms with E-state index >= 15 is 0 Å². The number of para-hydroxylation sites is 1. The molecule has 0 aliphatic carbocycles. The Kier molecular flexibility index (Phi) is 6.08. The number of nitrogens with zero attached hydrogens (tertiary/aromatic N) is 2. The Balaban J connectivity index is 1.60. The number of furan rings is 1. The molecule has 5 aromatic rings. The Morgan fingerprint density at radius 1 is 1.21 bits per heavy atom. The molecule has 0 saturated carbocycles. The monoisotopic (exact) mass is 456 g/mol. The number of unbranched alkanes of at least 4 members (excludes halogenated alkanes) is 1. The Hall–Kier alpha value is -4.00. The van der Waals surface area contributed by atoms with Gasteiger partial charge in [0.25, 0.3) is 5.91 Å². The maximum absolute atomic E-state index is 13.1. The maximum atomic E-state index is 13.1. The number of aromatic nitrogens is 3. The zero-order chi connectivity index (χ0) is 23.5. The van der Waals surface area contributed by atoms with Gasteiger partial charge in [0, 0.05) is 36.1 Å². The Bertz CT molecular complexity index is 1410. The molecule has 3 heterocycles. The number of carbonyl (C=O) groups excluding carboxylic acids is 1. The molecule has 5 rings (SSSR count). The van der Waals surface area contributed by atoms with E-state index in [0.717, 1.165) is 58.5 Å². The number of methoxy groups -OCH3 is 1. The van der Waals surface area contributed by atoms with E-state index in [1.54, 1.807) is 19.2 Å². The van der Waals surface area contributed by atoms with Crippen LogP contribution in [0, 0.1) is 0 Å². The first-order valence-electron chi connectivity index (χ1n) is 11.6. The van der Waals surface area contributed by atoms with E-state index < -0.39 is 0 Å². The van der Waals surface area contributed by atoms with Crippen LogP contribution in [0.15, 0.2) is 71.5 Å². The van der Waals surface area contributed by atoms with Crippen molar-refractivity contribution in [3.05, 3.63) is 84.2 Å².